The minimum atomic E-state index is -0.746. The topological polar surface area (TPSA) is 70.8 Å². The van der Waals surface area contributed by atoms with Crippen LogP contribution >= 0.6 is 0 Å². The molecule has 6 heteroatoms. The van der Waals surface area contributed by atoms with Crippen molar-refractivity contribution in [3.05, 3.63) is 12.2 Å². The first-order chi connectivity index (χ1) is 15.9. The van der Waals surface area contributed by atoms with Crippen molar-refractivity contribution < 1.29 is 9.90 Å². The Kier molecular flexibility index (Phi) is 7.80. The van der Waals surface area contributed by atoms with E-state index < -0.39 is 11.0 Å². The fraction of sp³-hybridized carbons (Fsp3) is 0.857. The number of rotatable bonds is 9. The van der Waals surface area contributed by atoms with E-state index in [1.54, 1.807) is 0 Å². The lowest BCUT2D eigenvalue weighted by molar-refractivity contribution is -0.0775. The summed E-state index contributed by atoms with van der Waals surface area (Å²) < 4.78 is 0. The second-order valence-electron chi connectivity index (χ2n) is 12.4. The Morgan fingerprint density at radius 1 is 1.21 bits per heavy atom. The van der Waals surface area contributed by atoms with Crippen molar-refractivity contribution in [2.75, 3.05) is 33.2 Å². The number of hydrogen-bond acceptors (Lipinski definition) is 4. The fourth-order valence-corrected chi connectivity index (χ4v) is 6.88. The summed E-state index contributed by atoms with van der Waals surface area (Å²) in [7, 11) is 2.26. The third-order valence-corrected chi connectivity index (χ3v) is 9.20. The van der Waals surface area contributed by atoms with Gasteiger partial charge in [0.2, 0.25) is 0 Å². The van der Waals surface area contributed by atoms with Crippen LogP contribution in [0.2, 0.25) is 0 Å². The van der Waals surface area contributed by atoms with Gasteiger partial charge in [0, 0.05) is 18.6 Å². The van der Waals surface area contributed by atoms with E-state index in [1.165, 1.54) is 0 Å². The zero-order valence-corrected chi connectivity index (χ0v) is 22.7. The number of amides is 2. The minimum Gasteiger partial charge on any atom is -0.388 e. The minimum absolute atomic E-state index is 0.00820. The molecule has 2 saturated carbocycles. The number of allylic oxidation sites excluding steroid dienone is 1. The SMILES string of the molecule is C/C=C\C(C(C)C)C1(N(C)CC)CCC2(CC1)CN(CC(C)(C)C#N)C(=O)N2CC1(O)CCC1. The molecule has 0 aromatic carbocycles. The number of carbonyl (C=O) groups is 1. The molecule has 1 spiro atoms. The number of nitrogens with zero attached hydrogens (tertiary/aromatic N) is 4. The average Bonchev–Trinajstić information content (AvgIpc) is 3.01. The number of β-amino-alcohol motifs (C(OH)–C–C–N with tert-alkyl or cyclic N) is 1. The number of carbonyl (C=O) groups excluding carboxylic acids is 1. The molecular weight excluding hydrogens is 424 g/mol. The first-order valence-corrected chi connectivity index (χ1v) is 13.4. The highest BCUT2D eigenvalue weighted by molar-refractivity contribution is 5.78. The zero-order chi connectivity index (χ0) is 25.4. The fourth-order valence-electron chi connectivity index (χ4n) is 6.88. The van der Waals surface area contributed by atoms with Crippen LogP contribution in [0.5, 0.6) is 0 Å². The lowest BCUT2D eigenvalue weighted by Crippen LogP contribution is -2.62. The number of hydrogen-bond donors (Lipinski definition) is 1. The second-order valence-corrected chi connectivity index (χ2v) is 12.4. The molecule has 2 aliphatic carbocycles. The molecule has 0 radical (unpaired) electrons. The van der Waals surface area contributed by atoms with Gasteiger partial charge in [-0.3, -0.25) is 0 Å². The molecule has 3 aliphatic rings. The highest BCUT2D eigenvalue weighted by atomic mass is 16.3. The molecule has 3 rings (SSSR count). The predicted molar refractivity (Wildman–Crippen MR) is 137 cm³/mol. The Balaban J connectivity index is 1.92. The van der Waals surface area contributed by atoms with Crippen LogP contribution in [-0.2, 0) is 0 Å². The van der Waals surface area contributed by atoms with Crippen molar-refractivity contribution >= 4 is 6.03 Å². The molecule has 192 valence electrons. The first kappa shape index (κ1) is 27.0. The molecule has 0 aromatic rings. The molecule has 0 bridgehead atoms. The molecule has 1 saturated heterocycles. The highest BCUT2D eigenvalue weighted by Gasteiger charge is 2.57. The van der Waals surface area contributed by atoms with E-state index in [0.29, 0.717) is 31.5 Å². The van der Waals surface area contributed by atoms with Crippen molar-refractivity contribution in [1.29, 1.82) is 5.26 Å². The Morgan fingerprint density at radius 2 is 1.82 bits per heavy atom. The molecule has 6 nitrogen and oxygen atoms in total. The van der Waals surface area contributed by atoms with Gasteiger partial charge < -0.3 is 19.8 Å². The molecule has 34 heavy (non-hydrogen) atoms. The lowest BCUT2D eigenvalue weighted by atomic mass is 9.63. The van der Waals surface area contributed by atoms with Crippen LogP contribution in [-0.4, -0.2) is 75.7 Å². The summed E-state index contributed by atoms with van der Waals surface area (Å²) >= 11 is 0. The Bertz CT molecular complexity index is 800. The molecule has 1 unspecified atom stereocenters. The maximum atomic E-state index is 13.7. The van der Waals surface area contributed by atoms with Gasteiger partial charge >= 0.3 is 6.03 Å². The summed E-state index contributed by atoms with van der Waals surface area (Å²) in [6.45, 7) is 15.3. The quantitative estimate of drug-likeness (QED) is 0.477. The average molecular weight is 473 g/mol. The number of aliphatic hydroxyl groups is 1. The monoisotopic (exact) mass is 472 g/mol. The van der Waals surface area contributed by atoms with Gasteiger partial charge in [0.25, 0.3) is 0 Å². The summed E-state index contributed by atoms with van der Waals surface area (Å²) in [4.78, 5) is 20.2. The maximum absolute atomic E-state index is 13.7. The van der Waals surface area contributed by atoms with E-state index in [9.17, 15) is 15.2 Å². The standard InChI is InChI=1S/C28H48N4O2/c1-8-11-23(22(3)4)28(30(7)9-2)16-14-26(15-17-28)20-31(19-25(5,6)18-29)24(33)32(26)21-27(34)12-10-13-27/h8,11,22-23,34H,9-10,12-17,19-21H2,1-7H3/b11-8-. The number of nitriles is 1. The largest absolute Gasteiger partial charge is 0.388 e. The van der Waals surface area contributed by atoms with E-state index in [2.05, 4.69) is 57.9 Å². The van der Waals surface area contributed by atoms with Crippen molar-refractivity contribution in [2.45, 2.75) is 103 Å². The van der Waals surface area contributed by atoms with Crippen molar-refractivity contribution in [2.24, 2.45) is 17.3 Å². The Hall–Kier alpha value is -1.58. The number of urea groups is 1. The van der Waals surface area contributed by atoms with Gasteiger partial charge in [-0.15, -0.1) is 0 Å². The van der Waals surface area contributed by atoms with Gasteiger partial charge in [-0.25, -0.2) is 4.79 Å². The molecule has 3 fully saturated rings. The van der Waals surface area contributed by atoms with Gasteiger partial charge in [-0.05, 0) is 91.1 Å². The van der Waals surface area contributed by atoms with Gasteiger partial charge in [0.1, 0.15) is 0 Å². The Labute approximate surface area is 208 Å². The van der Waals surface area contributed by atoms with E-state index in [1.807, 2.05) is 23.6 Å². The van der Waals surface area contributed by atoms with Crippen LogP contribution in [0, 0.1) is 28.6 Å². The molecule has 1 atom stereocenters. The van der Waals surface area contributed by atoms with E-state index in [0.717, 1.165) is 51.5 Å². The summed E-state index contributed by atoms with van der Waals surface area (Å²) in [6, 6.07) is 2.37. The smallest absolute Gasteiger partial charge is 0.320 e. The third kappa shape index (κ3) is 4.88. The summed E-state index contributed by atoms with van der Waals surface area (Å²) in [6.07, 6.45) is 11.1. The lowest BCUT2D eigenvalue weighted by Gasteiger charge is -2.56. The molecule has 1 aliphatic heterocycles. The zero-order valence-electron chi connectivity index (χ0n) is 22.7. The van der Waals surface area contributed by atoms with Crippen LogP contribution in [0.3, 0.4) is 0 Å². The van der Waals surface area contributed by atoms with Gasteiger partial charge in [0.15, 0.2) is 0 Å². The van der Waals surface area contributed by atoms with Gasteiger partial charge in [0.05, 0.1) is 29.2 Å². The third-order valence-electron chi connectivity index (χ3n) is 9.20. The van der Waals surface area contributed by atoms with Crippen LogP contribution in [0.1, 0.15) is 86.5 Å². The molecular formula is C28H48N4O2. The Morgan fingerprint density at radius 3 is 2.26 bits per heavy atom. The van der Waals surface area contributed by atoms with E-state index in [4.69, 9.17) is 0 Å². The molecule has 1 N–H and O–H groups in total. The predicted octanol–water partition coefficient (Wildman–Crippen LogP) is 5.04. The molecule has 1 heterocycles. The van der Waals surface area contributed by atoms with Crippen molar-refractivity contribution in [3.63, 3.8) is 0 Å². The van der Waals surface area contributed by atoms with Gasteiger partial charge in [-0.1, -0.05) is 32.9 Å². The van der Waals surface area contributed by atoms with Crippen LogP contribution in [0.4, 0.5) is 4.79 Å². The van der Waals surface area contributed by atoms with Crippen molar-refractivity contribution in [1.82, 2.24) is 14.7 Å². The van der Waals surface area contributed by atoms with Crippen molar-refractivity contribution in [3.8, 4) is 6.07 Å². The van der Waals surface area contributed by atoms with Crippen LogP contribution < -0.4 is 0 Å². The maximum Gasteiger partial charge on any atom is 0.320 e. The molecule has 2 amide bonds. The summed E-state index contributed by atoms with van der Waals surface area (Å²) in [5.41, 5.74) is -1.52. The van der Waals surface area contributed by atoms with Gasteiger partial charge in [-0.2, -0.15) is 5.26 Å². The summed E-state index contributed by atoms with van der Waals surface area (Å²) in [5.74, 6) is 0.985. The van der Waals surface area contributed by atoms with E-state index >= 15 is 0 Å². The molecule has 0 aromatic heterocycles. The second kappa shape index (κ2) is 9.82. The van der Waals surface area contributed by atoms with E-state index in [-0.39, 0.29) is 17.1 Å². The van der Waals surface area contributed by atoms with Crippen LogP contribution in [0.15, 0.2) is 12.2 Å². The highest BCUT2D eigenvalue weighted by Crippen LogP contribution is 2.50. The first-order valence-electron chi connectivity index (χ1n) is 13.4. The normalized spacial score (nSPS) is 30.4. The van der Waals surface area contributed by atoms with Crippen LogP contribution in [0.25, 0.3) is 0 Å². The summed E-state index contributed by atoms with van der Waals surface area (Å²) in [5, 5.41) is 20.7.